The second kappa shape index (κ2) is 10.1. The number of aryl methyl sites for hydroxylation is 2. The molecule has 1 aromatic carbocycles. The summed E-state index contributed by atoms with van der Waals surface area (Å²) in [4.78, 5) is 0. The molecule has 108 valence electrons. The van der Waals surface area contributed by atoms with Crippen molar-refractivity contribution < 1.29 is 1.37 Å². The quantitative estimate of drug-likeness (QED) is 0.437. The van der Waals surface area contributed by atoms with E-state index in [4.69, 9.17) is 1.37 Å². The Morgan fingerprint density at radius 1 is 0.895 bits per heavy atom. The number of hydrogen-bond donors (Lipinski definition) is 0. The van der Waals surface area contributed by atoms with E-state index in [1.54, 1.807) is 0 Å². The molecule has 1 rings (SSSR count). The van der Waals surface area contributed by atoms with E-state index in [-0.39, 0.29) is 0 Å². The van der Waals surface area contributed by atoms with Gasteiger partial charge in [-0.1, -0.05) is 70.5 Å². The van der Waals surface area contributed by atoms with Crippen molar-refractivity contribution in [3.63, 3.8) is 0 Å². The molecule has 0 saturated heterocycles. The van der Waals surface area contributed by atoms with Gasteiger partial charge in [0, 0.05) is 0 Å². The van der Waals surface area contributed by atoms with Gasteiger partial charge in [-0.2, -0.15) is 0 Å². The van der Waals surface area contributed by atoms with Crippen molar-refractivity contribution in [1.82, 2.24) is 0 Å². The molecule has 0 atom stereocenters. The third kappa shape index (κ3) is 6.80. The first-order valence-electron chi connectivity index (χ1n) is 8.78. The summed E-state index contributed by atoms with van der Waals surface area (Å²) in [7, 11) is 0. The zero-order valence-electron chi connectivity index (χ0n) is 14.2. The van der Waals surface area contributed by atoms with Gasteiger partial charge in [0.05, 0.1) is 1.37 Å². The number of unbranched alkanes of at least 4 members (excludes halogenated alkanes) is 6. The Bertz CT molecular complexity index is 382. The van der Waals surface area contributed by atoms with E-state index in [0.717, 1.165) is 18.9 Å². The van der Waals surface area contributed by atoms with Gasteiger partial charge < -0.3 is 0 Å². The molecule has 19 heavy (non-hydrogen) atoms. The number of rotatable bonds is 10. The molecule has 0 aliphatic rings. The molecule has 0 saturated carbocycles. The van der Waals surface area contributed by atoms with E-state index in [2.05, 4.69) is 32.9 Å². The third-order valence-corrected chi connectivity index (χ3v) is 3.93. The lowest BCUT2D eigenvalue weighted by molar-refractivity contribution is 0.660. The smallest absolute Gasteiger partial charge is 0.0626 e. The van der Waals surface area contributed by atoms with Crippen LogP contribution in [0.4, 0.5) is 0 Å². The molecule has 0 aliphatic heterocycles. The Hall–Kier alpha value is -0.780. The number of benzene rings is 1. The molecule has 0 spiro atoms. The maximum atomic E-state index is 8.13. The molecule has 1 aromatic rings. The second-order valence-electron chi connectivity index (χ2n) is 5.78. The lowest BCUT2D eigenvalue weighted by atomic mass is 9.97. The Morgan fingerprint density at radius 3 is 2.16 bits per heavy atom. The summed E-state index contributed by atoms with van der Waals surface area (Å²) in [5.41, 5.74) is 3.99. The molecule has 0 radical (unpaired) electrons. The van der Waals surface area contributed by atoms with Crippen molar-refractivity contribution >= 4 is 0 Å². The molecule has 0 heterocycles. The fraction of sp³-hybridized carbons (Fsp3) is 0.684. The third-order valence-electron chi connectivity index (χ3n) is 3.93. The van der Waals surface area contributed by atoms with Gasteiger partial charge in [-0.25, -0.2) is 0 Å². The highest BCUT2D eigenvalue weighted by molar-refractivity contribution is 5.31. The van der Waals surface area contributed by atoms with E-state index in [0.29, 0.717) is 0 Å². The number of hydrogen-bond acceptors (Lipinski definition) is 0. The predicted molar refractivity (Wildman–Crippen MR) is 86.9 cm³/mol. The first-order valence-corrected chi connectivity index (χ1v) is 8.28. The van der Waals surface area contributed by atoms with Crippen LogP contribution in [-0.4, -0.2) is 0 Å². The summed E-state index contributed by atoms with van der Waals surface area (Å²) in [6, 6.07) is 5.19. The summed E-state index contributed by atoms with van der Waals surface area (Å²) in [5.74, 6) is 0. The van der Waals surface area contributed by atoms with Crippen LogP contribution in [0.25, 0.3) is 0 Å². The van der Waals surface area contributed by atoms with Crippen molar-refractivity contribution in [3.05, 3.63) is 34.9 Å². The van der Waals surface area contributed by atoms with Crippen LogP contribution in [0.1, 0.15) is 83.3 Å². The van der Waals surface area contributed by atoms with Crippen LogP contribution in [-0.2, 0) is 12.8 Å². The first kappa shape index (κ1) is 14.6. The second-order valence-corrected chi connectivity index (χ2v) is 5.78. The molecule has 0 unspecified atom stereocenters. The fourth-order valence-corrected chi connectivity index (χ4v) is 2.57. The molecule has 0 aliphatic carbocycles. The van der Waals surface area contributed by atoms with Crippen LogP contribution in [0.5, 0.6) is 0 Å². The lowest BCUT2D eigenvalue weighted by Gasteiger charge is -2.09. The molecule has 0 N–H and O–H groups in total. The largest absolute Gasteiger partial charge is 0.0654 e. The Labute approximate surface area is 122 Å². The van der Waals surface area contributed by atoms with Gasteiger partial charge in [0.25, 0.3) is 0 Å². The van der Waals surface area contributed by atoms with Gasteiger partial charge in [-0.05, 0) is 49.3 Å². The highest BCUT2D eigenvalue weighted by Crippen LogP contribution is 2.17. The lowest BCUT2D eigenvalue weighted by Crippen LogP contribution is -1.94. The summed E-state index contributed by atoms with van der Waals surface area (Å²) in [6.07, 6.45) is 12.7. The minimum absolute atomic E-state index is 0.739. The van der Waals surface area contributed by atoms with E-state index in [1.807, 2.05) is 0 Å². The minimum atomic E-state index is 0.739. The topological polar surface area (TPSA) is 0 Å². The van der Waals surface area contributed by atoms with E-state index >= 15 is 0 Å². The minimum Gasteiger partial charge on any atom is -0.0654 e. The van der Waals surface area contributed by atoms with Gasteiger partial charge in [-0.3, -0.25) is 0 Å². The van der Waals surface area contributed by atoms with Gasteiger partial charge in [0.2, 0.25) is 0 Å². The van der Waals surface area contributed by atoms with Crippen LogP contribution < -0.4 is 0 Å². The van der Waals surface area contributed by atoms with Crippen molar-refractivity contribution in [2.45, 2.75) is 85.0 Å². The average molecular weight is 261 g/mol. The van der Waals surface area contributed by atoms with Crippen LogP contribution >= 0.6 is 0 Å². The van der Waals surface area contributed by atoms with Crippen LogP contribution in [0.3, 0.4) is 0 Å². The van der Waals surface area contributed by atoms with E-state index in [1.165, 1.54) is 68.1 Å². The first-order chi connectivity index (χ1) is 9.69. The van der Waals surface area contributed by atoms with Crippen LogP contribution in [0, 0.1) is 6.92 Å². The zero-order chi connectivity index (χ0) is 14.8. The summed E-state index contributed by atoms with van der Waals surface area (Å²) in [6.45, 7) is 6.62. The Kier molecular flexibility index (Phi) is 7.74. The predicted octanol–water partition coefficient (Wildman–Crippen LogP) is 6.24. The Morgan fingerprint density at radius 2 is 1.53 bits per heavy atom. The summed E-state index contributed by atoms with van der Waals surface area (Å²) < 4.78 is 8.13. The average Bonchev–Trinajstić information content (AvgIpc) is 2.44. The van der Waals surface area contributed by atoms with E-state index in [9.17, 15) is 0 Å². The zero-order valence-corrected chi connectivity index (χ0v) is 13.2. The Balaban J connectivity index is 2.56. The molecule has 0 aromatic heterocycles. The standard InChI is InChI=1S/C19H32/c1-4-6-8-10-12-18-15-14-17(3)19(16-18)13-11-9-7-5-2/h14-16H,4-13H2,1-3H3/i14D. The monoisotopic (exact) mass is 261 g/mol. The SMILES string of the molecule is [2H]c1cc(CCCCCC)cc(CCCCCC)c1C. The molecule has 0 amide bonds. The van der Waals surface area contributed by atoms with E-state index < -0.39 is 0 Å². The van der Waals surface area contributed by atoms with Crippen LogP contribution in [0.15, 0.2) is 18.2 Å². The van der Waals surface area contributed by atoms with Crippen molar-refractivity contribution in [1.29, 1.82) is 0 Å². The van der Waals surface area contributed by atoms with Gasteiger partial charge in [-0.15, -0.1) is 0 Å². The fourth-order valence-electron chi connectivity index (χ4n) is 2.57. The van der Waals surface area contributed by atoms with Gasteiger partial charge >= 0.3 is 0 Å². The highest BCUT2D eigenvalue weighted by Gasteiger charge is 2.01. The molecule has 0 fully saturated rings. The maximum absolute atomic E-state index is 8.13. The van der Waals surface area contributed by atoms with Crippen molar-refractivity contribution in [3.8, 4) is 0 Å². The molecular formula is C19H32. The summed E-state index contributed by atoms with van der Waals surface area (Å²) in [5, 5.41) is 0. The van der Waals surface area contributed by atoms with Crippen LogP contribution in [0.2, 0.25) is 0 Å². The van der Waals surface area contributed by atoms with Crippen molar-refractivity contribution in [2.75, 3.05) is 0 Å². The van der Waals surface area contributed by atoms with Gasteiger partial charge in [0.15, 0.2) is 0 Å². The molecule has 0 nitrogen and oxygen atoms in total. The highest BCUT2D eigenvalue weighted by atomic mass is 14.1. The molecular weight excluding hydrogens is 228 g/mol. The molecule has 0 bridgehead atoms. The maximum Gasteiger partial charge on any atom is 0.0626 e. The summed E-state index contributed by atoms with van der Waals surface area (Å²) >= 11 is 0. The van der Waals surface area contributed by atoms with Gasteiger partial charge in [0.1, 0.15) is 0 Å². The van der Waals surface area contributed by atoms with Crippen molar-refractivity contribution in [2.24, 2.45) is 0 Å². The molecule has 0 heteroatoms. The normalized spacial score (nSPS) is 11.6.